The first-order valence-corrected chi connectivity index (χ1v) is 4.54. The zero-order chi connectivity index (χ0) is 11.6. The van der Waals surface area contributed by atoms with Crippen molar-refractivity contribution in [2.45, 2.75) is 19.1 Å². The highest BCUT2D eigenvalue weighted by Crippen LogP contribution is 2.20. The van der Waals surface area contributed by atoms with Gasteiger partial charge in [-0.25, -0.2) is 4.79 Å². The number of aliphatic carboxylic acids is 1. The molecule has 0 amide bonds. The number of aliphatic hydroxyl groups excluding tert-OH is 1. The summed E-state index contributed by atoms with van der Waals surface area (Å²) in [4.78, 5) is 22.2. The van der Waals surface area contributed by atoms with Gasteiger partial charge in [-0.1, -0.05) is 18.2 Å². The molecule has 1 aliphatic rings. The van der Waals surface area contributed by atoms with E-state index in [-0.39, 0.29) is 5.57 Å². The zero-order valence-electron chi connectivity index (χ0n) is 8.25. The summed E-state index contributed by atoms with van der Waals surface area (Å²) < 4.78 is 0. The third kappa shape index (κ3) is 2.31. The molecule has 5 nitrogen and oxygen atoms in total. The van der Waals surface area contributed by atoms with Gasteiger partial charge in [-0.2, -0.15) is 0 Å². The molecule has 0 aromatic carbocycles. The molecule has 0 radical (unpaired) electrons. The predicted molar refractivity (Wildman–Crippen MR) is 53.0 cm³/mol. The second-order valence-electron chi connectivity index (χ2n) is 3.44. The smallest absolute Gasteiger partial charge is 0.333 e. The Morgan fingerprint density at radius 3 is 2.60 bits per heavy atom. The second-order valence-corrected chi connectivity index (χ2v) is 3.44. The molecule has 1 aliphatic carbocycles. The summed E-state index contributed by atoms with van der Waals surface area (Å²) in [6.07, 6.45) is 3.20. The Kier molecular flexibility index (Phi) is 3.39. The molecule has 3 atom stereocenters. The average Bonchev–Trinajstić information content (AvgIpc) is 2.16. The summed E-state index contributed by atoms with van der Waals surface area (Å²) in [5, 5.41) is 17.9. The highest BCUT2D eigenvalue weighted by Gasteiger charge is 2.32. The molecule has 1 rings (SSSR count). The number of aliphatic hydroxyl groups is 1. The van der Waals surface area contributed by atoms with Crippen LogP contribution in [0.2, 0.25) is 0 Å². The van der Waals surface area contributed by atoms with Gasteiger partial charge in [0.1, 0.15) is 6.10 Å². The van der Waals surface area contributed by atoms with Crippen molar-refractivity contribution in [3.05, 3.63) is 23.8 Å². The van der Waals surface area contributed by atoms with Crippen LogP contribution < -0.4 is 5.73 Å². The molecular formula is C10H13NO4. The van der Waals surface area contributed by atoms with Crippen molar-refractivity contribution >= 4 is 11.8 Å². The van der Waals surface area contributed by atoms with Crippen LogP contribution in [-0.2, 0) is 9.59 Å². The van der Waals surface area contributed by atoms with Crippen LogP contribution in [0, 0.1) is 5.92 Å². The predicted octanol–water partition coefficient (Wildman–Crippen LogP) is -0.539. The van der Waals surface area contributed by atoms with Crippen LogP contribution in [0.4, 0.5) is 0 Å². The number of carboxylic acid groups (broad SMARTS) is 1. The Hall–Kier alpha value is -1.46. The first-order valence-electron chi connectivity index (χ1n) is 4.54. The van der Waals surface area contributed by atoms with E-state index in [0.717, 1.165) is 0 Å². The fourth-order valence-corrected chi connectivity index (χ4v) is 1.47. The topological polar surface area (TPSA) is 101 Å². The summed E-state index contributed by atoms with van der Waals surface area (Å²) in [7, 11) is 0. The maximum atomic E-state index is 11.5. The number of Topliss-reactive ketones (excluding diaryl/α,β-unsaturated/α-hetero) is 1. The summed E-state index contributed by atoms with van der Waals surface area (Å²) >= 11 is 0. The molecule has 0 saturated carbocycles. The minimum absolute atomic E-state index is 0.0171. The van der Waals surface area contributed by atoms with Gasteiger partial charge in [-0.15, -0.1) is 0 Å². The summed E-state index contributed by atoms with van der Waals surface area (Å²) in [6.45, 7) is 1.33. The third-order valence-electron chi connectivity index (χ3n) is 2.33. The van der Waals surface area contributed by atoms with E-state index < -0.39 is 29.8 Å². The normalized spacial score (nSPS) is 27.0. The molecule has 0 unspecified atom stereocenters. The average molecular weight is 211 g/mol. The lowest BCUT2D eigenvalue weighted by Crippen LogP contribution is -2.42. The highest BCUT2D eigenvalue weighted by molar-refractivity contribution is 5.94. The standard InChI is InChI=1S/C10H13NO4/c1-5(12)9(13)6-3-2-4-7(8(6)11)10(14)15/h2-6,8,12H,11H2,1H3,(H,14,15)/t5-,6+,8-/m1/s1. The van der Waals surface area contributed by atoms with Gasteiger partial charge in [0.05, 0.1) is 17.5 Å². The molecule has 0 aliphatic heterocycles. The van der Waals surface area contributed by atoms with Gasteiger partial charge < -0.3 is 15.9 Å². The Labute approximate surface area is 86.9 Å². The van der Waals surface area contributed by atoms with Gasteiger partial charge in [0.2, 0.25) is 0 Å². The first kappa shape index (κ1) is 11.6. The highest BCUT2D eigenvalue weighted by atomic mass is 16.4. The van der Waals surface area contributed by atoms with E-state index in [9.17, 15) is 9.59 Å². The van der Waals surface area contributed by atoms with Gasteiger partial charge in [-0.05, 0) is 6.92 Å². The molecule has 0 spiro atoms. The number of carboxylic acids is 1. The van der Waals surface area contributed by atoms with E-state index in [1.54, 1.807) is 0 Å². The fraction of sp³-hybridized carbons (Fsp3) is 0.400. The zero-order valence-corrected chi connectivity index (χ0v) is 8.25. The van der Waals surface area contributed by atoms with Gasteiger partial charge in [0, 0.05) is 0 Å². The van der Waals surface area contributed by atoms with Gasteiger partial charge >= 0.3 is 5.97 Å². The molecule has 0 saturated heterocycles. The lowest BCUT2D eigenvalue weighted by molar-refractivity contribution is -0.133. The molecule has 82 valence electrons. The fourth-order valence-electron chi connectivity index (χ4n) is 1.47. The lowest BCUT2D eigenvalue weighted by Gasteiger charge is -2.23. The van der Waals surface area contributed by atoms with E-state index in [1.807, 2.05) is 0 Å². The number of rotatable bonds is 3. The summed E-state index contributed by atoms with van der Waals surface area (Å²) in [6, 6.07) is -0.894. The van der Waals surface area contributed by atoms with Crippen molar-refractivity contribution in [3.63, 3.8) is 0 Å². The van der Waals surface area contributed by atoms with Gasteiger partial charge in [0.15, 0.2) is 5.78 Å². The quantitative estimate of drug-likeness (QED) is 0.582. The molecule has 0 fully saturated rings. The molecule has 0 aromatic heterocycles. The Balaban J connectivity index is 2.90. The molecule has 0 bridgehead atoms. The minimum atomic E-state index is -1.14. The number of carbonyl (C=O) groups is 2. The van der Waals surface area contributed by atoms with Crippen molar-refractivity contribution in [1.82, 2.24) is 0 Å². The monoisotopic (exact) mass is 211 g/mol. The summed E-state index contributed by atoms with van der Waals surface area (Å²) in [5.74, 6) is -2.37. The third-order valence-corrected chi connectivity index (χ3v) is 2.33. The summed E-state index contributed by atoms with van der Waals surface area (Å²) in [5.41, 5.74) is 5.61. The molecule has 15 heavy (non-hydrogen) atoms. The lowest BCUT2D eigenvalue weighted by atomic mass is 9.84. The van der Waals surface area contributed by atoms with Crippen LogP contribution in [0.3, 0.4) is 0 Å². The SMILES string of the molecule is C[C@@H](O)C(=O)[C@H]1C=CC=C(C(=O)O)[C@@H]1N. The maximum Gasteiger partial charge on any atom is 0.333 e. The van der Waals surface area contributed by atoms with Gasteiger partial charge in [0.25, 0.3) is 0 Å². The van der Waals surface area contributed by atoms with E-state index in [0.29, 0.717) is 0 Å². The largest absolute Gasteiger partial charge is 0.478 e. The Morgan fingerprint density at radius 1 is 1.53 bits per heavy atom. The number of carbonyl (C=O) groups excluding carboxylic acids is 1. The molecular weight excluding hydrogens is 198 g/mol. The molecule has 0 heterocycles. The van der Waals surface area contributed by atoms with Crippen molar-refractivity contribution in [2.24, 2.45) is 11.7 Å². The number of hydrogen-bond donors (Lipinski definition) is 3. The number of allylic oxidation sites excluding steroid dienone is 2. The Morgan fingerprint density at radius 2 is 2.13 bits per heavy atom. The van der Waals surface area contributed by atoms with Crippen molar-refractivity contribution in [1.29, 1.82) is 0 Å². The molecule has 5 heteroatoms. The number of ketones is 1. The van der Waals surface area contributed by atoms with Crippen LogP contribution in [-0.4, -0.2) is 34.1 Å². The van der Waals surface area contributed by atoms with Crippen LogP contribution in [0.25, 0.3) is 0 Å². The van der Waals surface area contributed by atoms with Crippen molar-refractivity contribution in [2.75, 3.05) is 0 Å². The number of hydrogen-bond acceptors (Lipinski definition) is 4. The molecule has 4 N–H and O–H groups in total. The van der Waals surface area contributed by atoms with Crippen LogP contribution in [0.1, 0.15) is 6.92 Å². The Bertz CT molecular complexity index is 343. The van der Waals surface area contributed by atoms with E-state index in [4.69, 9.17) is 15.9 Å². The minimum Gasteiger partial charge on any atom is -0.478 e. The van der Waals surface area contributed by atoms with E-state index in [1.165, 1.54) is 25.2 Å². The van der Waals surface area contributed by atoms with Crippen LogP contribution in [0.15, 0.2) is 23.8 Å². The number of nitrogens with two attached hydrogens (primary N) is 1. The van der Waals surface area contributed by atoms with Gasteiger partial charge in [-0.3, -0.25) is 4.79 Å². The second kappa shape index (κ2) is 4.37. The van der Waals surface area contributed by atoms with E-state index >= 15 is 0 Å². The molecule has 0 aromatic rings. The van der Waals surface area contributed by atoms with Crippen molar-refractivity contribution < 1.29 is 19.8 Å². The van der Waals surface area contributed by atoms with Crippen LogP contribution in [0.5, 0.6) is 0 Å². The van der Waals surface area contributed by atoms with E-state index in [2.05, 4.69) is 0 Å². The maximum absolute atomic E-state index is 11.5. The first-order chi connectivity index (χ1) is 6.95. The van der Waals surface area contributed by atoms with Crippen molar-refractivity contribution in [3.8, 4) is 0 Å². The van der Waals surface area contributed by atoms with Crippen LogP contribution >= 0.6 is 0 Å².